The van der Waals surface area contributed by atoms with Gasteiger partial charge in [-0.3, -0.25) is 9.69 Å². The molecule has 2 aromatic rings. The van der Waals surface area contributed by atoms with Gasteiger partial charge in [0.2, 0.25) is 0 Å². The number of furan rings is 1. The van der Waals surface area contributed by atoms with Gasteiger partial charge in [0, 0.05) is 11.8 Å². The topological polar surface area (TPSA) is 63.9 Å². The zero-order valence-corrected chi connectivity index (χ0v) is 14.3. The van der Waals surface area contributed by atoms with Crippen LogP contribution >= 0.6 is 0 Å². The average molecular weight is 366 g/mol. The van der Waals surface area contributed by atoms with Crippen LogP contribution in [0.1, 0.15) is 29.2 Å². The fraction of sp³-hybridized carbons (Fsp3) is 0.389. The van der Waals surface area contributed by atoms with Crippen molar-refractivity contribution in [3.63, 3.8) is 0 Å². The molecule has 1 saturated heterocycles. The second kappa shape index (κ2) is 8.18. The van der Waals surface area contributed by atoms with E-state index in [2.05, 4.69) is 15.0 Å². The maximum atomic E-state index is 12.4. The second-order valence-corrected chi connectivity index (χ2v) is 5.95. The number of anilines is 1. The summed E-state index contributed by atoms with van der Waals surface area (Å²) in [6.07, 6.45) is 2.36. The lowest BCUT2D eigenvalue weighted by Gasteiger charge is -2.12. The third-order valence-corrected chi connectivity index (χ3v) is 4.10. The van der Waals surface area contributed by atoms with E-state index in [9.17, 15) is 13.6 Å². The summed E-state index contributed by atoms with van der Waals surface area (Å²) in [5.41, 5.74) is 0.381. The number of methoxy groups -OCH3 is 1. The van der Waals surface area contributed by atoms with E-state index >= 15 is 0 Å². The number of likely N-dealkylation sites (tertiary alicyclic amines) is 1. The van der Waals surface area contributed by atoms with E-state index in [0.29, 0.717) is 12.2 Å². The van der Waals surface area contributed by atoms with Gasteiger partial charge in [-0.1, -0.05) is 0 Å². The summed E-state index contributed by atoms with van der Waals surface area (Å²) < 4.78 is 39.7. The lowest BCUT2D eigenvalue weighted by atomic mass is 10.2. The van der Waals surface area contributed by atoms with E-state index in [1.165, 1.54) is 38.2 Å². The van der Waals surface area contributed by atoms with E-state index in [0.717, 1.165) is 18.8 Å². The first-order valence-electron chi connectivity index (χ1n) is 8.30. The van der Waals surface area contributed by atoms with Crippen LogP contribution in [0.3, 0.4) is 0 Å². The summed E-state index contributed by atoms with van der Waals surface area (Å²) in [5, 5.41) is 2.65. The van der Waals surface area contributed by atoms with E-state index < -0.39 is 12.5 Å². The van der Waals surface area contributed by atoms with Crippen molar-refractivity contribution in [3.8, 4) is 11.5 Å². The minimum atomic E-state index is -2.96. The Labute approximate surface area is 149 Å². The van der Waals surface area contributed by atoms with Gasteiger partial charge in [-0.05, 0) is 50.2 Å². The summed E-state index contributed by atoms with van der Waals surface area (Å²) in [6, 6.07) is 7.57. The van der Waals surface area contributed by atoms with Gasteiger partial charge in [-0.15, -0.1) is 0 Å². The second-order valence-electron chi connectivity index (χ2n) is 5.95. The average Bonchev–Trinajstić information content (AvgIpc) is 3.28. The van der Waals surface area contributed by atoms with Crippen LogP contribution in [0.15, 0.2) is 34.7 Å². The zero-order valence-electron chi connectivity index (χ0n) is 14.3. The van der Waals surface area contributed by atoms with Gasteiger partial charge in [0.25, 0.3) is 5.91 Å². The third kappa shape index (κ3) is 4.51. The van der Waals surface area contributed by atoms with Gasteiger partial charge in [0.05, 0.1) is 13.7 Å². The van der Waals surface area contributed by atoms with Crippen LogP contribution in [0.4, 0.5) is 14.5 Å². The van der Waals surface area contributed by atoms with Gasteiger partial charge in [0.15, 0.2) is 17.3 Å². The SMILES string of the molecule is COc1cc(NC(=O)c2ccc(CN3CCCC3)o2)ccc1OC(F)F. The highest BCUT2D eigenvalue weighted by molar-refractivity contribution is 6.02. The molecule has 1 N–H and O–H groups in total. The third-order valence-electron chi connectivity index (χ3n) is 4.10. The number of nitrogens with zero attached hydrogens (tertiary/aromatic N) is 1. The number of hydrogen-bond acceptors (Lipinski definition) is 5. The van der Waals surface area contributed by atoms with Crippen molar-refractivity contribution in [2.24, 2.45) is 0 Å². The minimum Gasteiger partial charge on any atom is -0.493 e. The van der Waals surface area contributed by atoms with Gasteiger partial charge in [-0.25, -0.2) is 0 Å². The molecule has 0 unspecified atom stereocenters. The van der Waals surface area contributed by atoms with Crippen molar-refractivity contribution < 1.29 is 27.5 Å². The summed E-state index contributed by atoms with van der Waals surface area (Å²) in [4.78, 5) is 14.6. The lowest BCUT2D eigenvalue weighted by Crippen LogP contribution is -2.18. The molecule has 1 amide bonds. The molecule has 140 valence electrons. The number of rotatable bonds is 7. The Morgan fingerprint density at radius 2 is 2.00 bits per heavy atom. The molecule has 1 fully saturated rings. The highest BCUT2D eigenvalue weighted by Crippen LogP contribution is 2.31. The molecule has 3 rings (SSSR count). The Bertz CT molecular complexity index is 757. The normalized spacial score (nSPS) is 14.6. The number of halogens is 2. The van der Waals surface area contributed by atoms with Crippen LogP contribution in [-0.4, -0.2) is 37.6 Å². The Kier molecular flexibility index (Phi) is 5.72. The summed E-state index contributed by atoms with van der Waals surface area (Å²) in [7, 11) is 1.33. The van der Waals surface area contributed by atoms with Crippen molar-refractivity contribution in [1.82, 2.24) is 4.90 Å². The number of nitrogens with one attached hydrogen (secondary N) is 1. The molecule has 1 aliphatic heterocycles. The molecule has 0 radical (unpaired) electrons. The smallest absolute Gasteiger partial charge is 0.387 e. The molecule has 0 atom stereocenters. The zero-order chi connectivity index (χ0) is 18.5. The fourth-order valence-electron chi connectivity index (χ4n) is 2.88. The molecule has 1 aromatic heterocycles. The number of amides is 1. The summed E-state index contributed by atoms with van der Waals surface area (Å²) >= 11 is 0. The first-order valence-corrected chi connectivity index (χ1v) is 8.30. The fourth-order valence-corrected chi connectivity index (χ4v) is 2.88. The largest absolute Gasteiger partial charge is 0.493 e. The molecule has 0 bridgehead atoms. The van der Waals surface area contributed by atoms with E-state index in [1.54, 1.807) is 12.1 Å². The lowest BCUT2D eigenvalue weighted by molar-refractivity contribution is -0.0512. The molecule has 6 nitrogen and oxygen atoms in total. The van der Waals surface area contributed by atoms with Crippen LogP contribution < -0.4 is 14.8 Å². The number of ether oxygens (including phenoxy) is 2. The van der Waals surface area contributed by atoms with Crippen LogP contribution in [0.2, 0.25) is 0 Å². The van der Waals surface area contributed by atoms with Crippen LogP contribution in [0.25, 0.3) is 0 Å². The minimum absolute atomic E-state index is 0.0947. The molecule has 1 aliphatic rings. The van der Waals surface area contributed by atoms with Gasteiger partial charge in [0.1, 0.15) is 5.76 Å². The highest BCUT2D eigenvalue weighted by atomic mass is 19.3. The van der Waals surface area contributed by atoms with Crippen molar-refractivity contribution in [1.29, 1.82) is 0 Å². The summed E-state index contributed by atoms with van der Waals surface area (Å²) in [6.45, 7) is -0.202. The summed E-state index contributed by atoms with van der Waals surface area (Å²) in [5.74, 6) is 0.479. The predicted octanol–water partition coefficient (Wildman–Crippen LogP) is 3.74. The van der Waals surface area contributed by atoms with Crippen LogP contribution in [-0.2, 0) is 6.54 Å². The van der Waals surface area contributed by atoms with E-state index in [1.807, 2.05) is 0 Å². The van der Waals surface area contributed by atoms with E-state index in [4.69, 9.17) is 9.15 Å². The first kappa shape index (κ1) is 18.2. The predicted molar refractivity (Wildman–Crippen MR) is 90.8 cm³/mol. The molecular formula is C18H20F2N2O4. The Morgan fingerprint density at radius 1 is 1.23 bits per heavy atom. The van der Waals surface area contributed by atoms with Gasteiger partial charge < -0.3 is 19.2 Å². The maximum absolute atomic E-state index is 12.4. The first-order chi connectivity index (χ1) is 12.5. The highest BCUT2D eigenvalue weighted by Gasteiger charge is 2.17. The quantitative estimate of drug-likeness (QED) is 0.809. The van der Waals surface area contributed by atoms with Crippen molar-refractivity contribution in [2.75, 3.05) is 25.5 Å². The number of benzene rings is 1. The molecular weight excluding hydrogens is 346 g/mol. The Morgan fingerprint density at radius 3 is 2.69 bits per heavy atom. The van der Waals surface area contributed by atoms with Crippen LogP contribution in [0, 0.1) is 0 Å². The number of hydrogen-bond donors (Lipinski definition) is 1. The number of carbonyl (C=O) groups excluding carboxylic acids is 1. The molecule has 1 aromatic carbocycles. The standard InChI is InChI=1S/C18H20F2N2O4/c1-24-16-10-12(4-6-14(16)26-18(19)20)21-17(23)15-7-5-13(25-15)11-22-8-2-3-9-22/h4-7,10,18H,2-3,8-9,11H2,1H3,(H,21,23). The molecule has 2 heterocycles. The Balaban J connectivity index is 1.64. The van der Waals surface area contributed by atoms with Crippen molar-refractivity contribution >= 4 is 11.6 Å². The van der Waals surface area contributed by atoms with Gasteiger partial charge in [-0.2, -0.15) is 8.78 Å². The molecule has 0 aliphatic carbocycles. The number of carbonyl (C=O) groups is 1. The maximum Gasteiger partial charge on any atom is 0.387 e. The molecule has 26 heavy (non-hydrogen) atoms. The van der Waals surface area contributed by atoms with Gasteiger partial charge >= 0.3 is 6.61 Å². The van der Waals surface area contributed by atoms with E-state index in [-0.39, 0.29) is 17.3 Å². The molecule has 0 spiro atoms. The van der Waals surface area contributed by atoms with Crippen molar-refractivity contribution in [2.45, 2.75) is 26.0 Å². The number of alkyl halides is 2. The monoisotopic (exact) mass is 366 g/mol. The molecule has 8 heteroatoms. The van der Waals surface area contributed by atoms with Crippen LogP contribution in [0.5, 0.6) is 11.5 Å². The van der Waals surface area contributed by atoms with Crippen molar-refractivity contribution in [3.05, 3.63) is 41.9 Å². The molecule has 0 saturated carbocycles. The Hall–Kier alpha value is -2.61.